The van der Waals surface area contributed by atoms with Crippen LogP contribution < -0.4 is 10.6 Å². The van der Waals surface area contributed by atoms with Gasteiger partial charge in [0.2, 0.25) is 11.8 Å². The van der Waals surface area contributed by atoms with Crippen molar-refractivity contribution in [1.29, 1.82) is 0 Å². The normalized spacial score (nSPS) is 13.6. The Balaban J connectivity index is 1.38. The Labute approximate surface area is 174 Å². The summed E-state index contributed by atoms with van der Waals surface area (Å²) in [5, 5.41) is 6.45. The van der Waals surface area contributed by atoms with Crippen LogP contribution in [0.4, 0.5) is 5.69 Å². The molecule has 0 spiro atoms. The lowest BCUT2D eigenvalue weighted by Gasteiger charge is -2.15. The molecule has 154 valence electrons. The van der Waals surface area contributed by atoms with E-state index in [0.29, 0.717) is 30.8 Å². The molecule has 0 unspecified atom stereocenters. The molecule has 0 atom stereocenters. The van der Waals surface area contributed by atoms with Gasteiger partial charge >= 0.3 is 0 Å². The van der Waals surface area contributed by atoms with Crippen molar-refractivity contribution in [1.82, 2.24) is 19.8 Å². The minimum Gasteiger partial charge on any atom is -0.352 e. The Morgan fingerprint density at radius 2 is 2.03 bits per heavy atom. The Hall–Kier alpha value is -2.81. The zero-order valence-electron chi connectivity index (χ0n) is 16.4. The third-order valence-corrected chi connectivity index (χ3v) is 5.66. The molecule has 1 saturated heterocycles. The fourth-order valence-corrected chi connectivity index (χ4v) is 3.77. The van der Waals surface area contributed by atoms with Gasteiger partial charge in [-0.15, -0.1) is 0 Å². The highest BCUT2D eigenvalue weighted by Gasteiger charge is 2.19. The molecule has 29 heavy (non-hydrogen) atoms. The summed E-state index contributed by atoms with van der Waals surface area (Å²) < 4.78 is 1.86. The molecule has 1 aliphatic heterocycles. The molecule has 2 aromatic rings. The van der Waals surface area contributed by atoms with Crippen molar-refractivity contribution < 1.29 is 14.4 Å². The zero-order valence-corrected chi connectivity index (χ0v) is 17.2. The average Bonchev–Trinajstić information content (AvgIpc) is 3.31. The lowest BCUT2D eigenvalue weighted by atomic mass is 10.2. The van der Waals surface area contributed by atoms with Crippen molar-refractivity contribution in [2.24, 2.45) is 7.05 Å². The highest BCUT2D eigenvalue weighted by molar-refractivity contribution is 7.99. The fraction of sp³-hybridized carbons (Fsp3) is 0.400. The van der Waals surface area contributed by atoms with E-state index in [1.54, 1.807) is 30.5 Å². The quantitative estimate of drug-likeness (QED) is 0.482. The van der Waals surface area contributed by atoms with Gasteiger partial charge in [-0.1, -0.05) is 11.8 Å². The maximum absolute atomic E-state index is 12.2. The summed E-state index contributed by atoms with van der Waals surface area (Å²) in [5.41, 5.74) is 1.17. The highest BCUT2D eigenvalue weighted by atomic mass is 32.2. The fourth-order valence-electron chi connectivity index (χ4n) is 3.04. The number of hydrogen-bond donors (Lipinski definition) is 2. The number of aryl methyl sites for hydroxylation is 1. The summed E-state index contributed by atoms with van der Waals surface area (Å²) in [5.74, 6) is 0.159. The molecule has 2 heterocycles. The molecule has 8 nitrogen and oxygen atoms in total. The molecule has 3 rings (SSSR count). The number of thioether (sulfide) groups is 1. The molecule has 0 radical (unpaired) electrons. The zero-order chi connectivity index (χ0) is 20.6. The maximum Gasteiger partial charge on any atom is 0.251 e. The standard InChI is InChI=1S/C20H25N5O3S/c1-24-13-10-22-20(24)29-14-17(26)23-16-7-5-15(6-8-16)19(28)21-9-3-12-25-11-2-4-18(25)27/h5-8,10,13H,2-4,9,11-12,14H2,1H3,(H,21,28)(H,23,26). The second kappa shape index (κ2) is 10.1. The topological polar surface area (TPSA) is 96.3 Å². The molecule has 1 aromatic carbocycles. The number of rotatable bonds is 9. The second-order valence-corrected chi connectivity index (χ2v) is 7.77. The van der Waals surface area contributed by atoms with E-state index in [4.69, 9.17) is 0 Å². The minimum atomic E-state index is -0.166. The SMILES string of the molecule is Cn1ccnc1SCC(=O)Nc1ccc(C(=O)NCCCN2CCCC2=O)cc1. The third kappa shape index (κ3) is 6.08. The van der Waals surface area contributed by atoms with Crippen molar-refractivity contribution in [3.8, 4) is 0 Å². The Morgan fingerprint density at radius 1 is 1.24 bits per heavy atom. The summed E-state index contributed by atoms with van der Waals surface area (Å²) in [6.45, 7) is 2.02. The molecule has 0 bridgehead atoms. The minimum absolute atomic E-state index is 0.133. The number of likely N-dealkylation sites (tertiary alicyclic amines) is 1. The largest absolute Gasteiger partial charge is 0.352 e. The van der Waals surface area contributed by atoms with E-state index in [-0.39, 0.29) is 23.5 Å². The lowest BCUT2D eigenvalue weighted by Crippen LogP contribution is -2.30. The van der Waals surface area contributed by atoms with Gasteiger partial charge in [-0.3, -0.25) is 14.4 Å². The van der Waals surface area contributed by atoms with Gasteiger partial charge in [0.25, 0.3) is 5.91 Å². The maximum atomic E-state index is 12.2. The van der Waals surface area contributed by atoms with E-state index in [1.165, 1.54) is 11.8 Å². The number of anilines is 1. The molecule has 9 heteroatoms. The Morgan fingerprint density at radius 3 is 2.69 bits per heavy atom. The lowest BCUT2D eigenvalue weighted by molar-refractivity contribution is -0.127. The van der Waals surface area contributed by atoms with Gasteiger partial charge in [-0.2, -0.15) is 0 Å². The summed E-state index contributed by atoms with van der Waals surface area (Å²) in [4.78, 5) is 41.8. The van der Waals surface area contributed by atoms with Crippen molar-refractivity contribution in [3.05, 3.63) is 42.2 Å². The van der Waals surface area contributed by atoms with Crippen molar-refractivity contribution >= 4 is 35.2 Å². The number of imidazole rings is 1. The number of nitrogens with one attached hydrogen (secondary N) is 2. The Kier molecular flexibility index (Phi) is 7.29. The number of hydrogen-bond acceptors (Lipinski definition) is 5. The van der Waals surface area contributed by atoms with E-state index in [2.05, 4.69) is 15.6 Å². The first-order valence-electron chi connectivity index (χ1n) is 9.59. The number of benzene rings is 1. The molecule has 0 saturated carbocycles. The smallest absolute Gasteiger partial charge is 0.251 e. The van der Waals surface area contributed by atoms with Gasteiger partial charge in [0.1, 0.15) is 0 Å². The molecule has 1 aromatic heterocycles. The molecule has 1 aliphatic rings. The monoisotopic (exact) mass is 415 g/mol. The van der Waals surface area contributed by atoms with E-state index in [1.807, 2.05) is 22.7 Å². The number of carbonyl (C=O) groups excluding carboxylic acids is 3. The van der Waals surface area contributed by atoms with Gasteiger partial charge < -0.3 is 20.1 Å². The summed E-state index contributed by atoms with van der Waals surface area (Å²) >= 11 is 1.36. The third-order valence-electron chi connectivity index (χ3n) is 4.60. The van der Waals surface area contributed by atoms with Crippen LogP contribution in [0.2, 0.25) is 0 Å². The highest BCUT2D eigenvalue weighted by Crippen LogP contribution is 2.16. The summed E-state index contributed by atoms with van der Waals surface area (Å²) in [6.07, 6.45) is 5.82. The number of amides is 3. The molecule has 2 N–H and O–H groups in total. The van der Waals surface area contributed by atoms with Crippen LogP contribution in [0, 0.1) is 0 Å². The van der Waals surface area contributed by atoms with Gasteiger partial charge in [0.15, 0.2) is 5.16 Å². The van der Waals surface area contributed by atoms with Gasteiger partial charge in [0, 0.05) is 56.7 Å². The molecule has 0 aliphatic carbocycles. The Bertz CT molecular complexity index is 865. The average molecular weight is 416 g/mol. The van der Waals surface area contributed by atoms with E-state index in [0.717, 1.165) is 24.5 Å². The summed E-state index contributed by atoms with van der Waals surface area (Å²) in [7, 11) is 1.88. The van der Waals surface area contributed by atoms with Crippen LogP contribution >= 0.6 is 11.8 Å². The first-order chi connectivity index (χ1) is 14.0. The number of aromatic nitrogens is 2. The van der Waals surface area contributed by atoms with Crippen LogP contribution in [0.15, 0.2) is 41.8 Å². The van der Waals surface area contributed by atoms with Crippen LogP contribution in [0.1, 0.15) is 29.6 Å². The van der Waals surface area contributed by atoms with E-state index in [9.17, 15) is 14.4 Å². The molecular weight excluding hydrogens is 390 g/mol. The van der Waals surface area contributed by atoms with Crippen LogP contribution in [-0.4, -0.2) is 57.6 Å². The van der Waals surface area contributed by atoms with Crippen LogP contribution in [0.5, 0.6) is 0 Å². The predicted molar refractivity (Wildman–Crippen MR) is 112 cm³/mol. The number of carbonyl (C=O) groups is 3. The van der Waals surface area contributed by atoms with Crippen molar-refractivity contribution in [2.75, 3.05) is 30.7 Å². The van der Waals surface area contributed by atoms with E-state index >= 15 is 0 Å². The van der Waals surface area contributed by atoms with Crippen LogP contribution in [0.25, 0.3) is 0 Å². The van der Waals surface area contributed by atoms with Crippen molar-refractivity contribution in [2.45, 2.75) is 24.4 Å². The van der Waals surface area contributed by atoms with Gasteiger partial charge in [-0.25, -0.2) is 4.98 Å². The van der Waals surface area contributed by atoms with Gasteiger partial charge in [-0.05, 0) is 37.1 Å². The predicted octanol–water partition coefficient (Wildman–Crippen LogP) is 1.89. The van der Waals surface area contributed by atoms with Crippen LogP contribution in [-0.2, 0) is 16.6 Å². The first-order valence-corrected chi connectivity index (χ1v) is 10.6. The molecule has 3 amide bonds. The van der Waals surface area contributed by atoms with Crippen molar-refractivity contribution in [3.63, 3.8) is 0 Å². The van der Waals surface area contributed by atoms with Gasteiger partial charge in [0.05, 0.1) is 5.75 Å². The second-order valence-electron chi connectivity index (χ2n) is 6.83. The molecular formula is C20H25N5O3S. The van der Waals surface area contributed by atoms with E-state index < -0.39 is 0 Å². The molecule has 1 fully saturated rings. The first kappa shape index (κ1) is 20.9. The summed E-state index contributed by atoms with van der Waals surface area (Å²) in [6, 6.07) is 6.78. The van der Waals surface area contributed by atoms with Crippen LogP contribution in [0.3, 0.4) is 0 Å². The number of nitrogens with zero attached hydrogens (tertiary/aromatic N) is 3.